The van der Waals surface area contributed by atoms with Gasteiger partial charge in [0.2, 0.25) is 0 Å². The highest BCUT2D eigenvalue weighted by Gasteiger charge is 2.75. The van der Waals surface area contributed by atoms with Gasteiger partial charge in [-0.1, -0.05) is 26.0 Å². The maximum absolute atomic E-state index is 13.7. The lowest BCUT2D eigenvalue weighted by Gasteiger charge is -2.35. The number of amides is 1. The maximum Gasteiger partial charge on any atom is 0.313 e. The van der Waals surface area contributed by atoms with Gasteiger partial charge in [0, 0.05) is 5.41 Å². The number of hydrogen-bond donors (Lipinski definition) is 1. The molecule has 1 aliphatic carbocycles. The molecule has 5 heteroatoms. The normalized spacial score (nSPS) is 32.9. The summed E-state index contributed by atoms with van der Waals surface area (Å²) < 4.78 is 19.2. The number of fused-ring (bicyclic) bond motifs is 2. The Morgan fingerprint density at radius 3 is 2.43 bits per heavy atom. The SMILES string of the molecule is CC1(C)[C@@]2(C(=O)Nc3ccccc3F)CC[C@]1(C)C(=O)O2. The van der Waals surface area contributed by atoms with Gasteiger partial charge in [0.05, 0.1) is 11.1 Å². The van der Waals surface area contributed by atoms with Gasteiger partial charge in [-0.3, -0.25) is 9.59 Å². The summed E-state index contributed by atoms with van der Waals surface area (Å²) in [6.45, 7) is 5.57. The molecule has 2 atom stereocenters. The van der Waals surface area contributed by atoms with Crippen molar-refractivity contribution in [2.24, 2.45) is 10.8 Å². The summed E-state index contributed by atoms with van der Waals surface area (Å²) in [5.41, 5.74) is -2.42. The van der Waals surface area contributed by atoms with Crippen molar-refractivity contribution in [3.05, 3.63) is 30.1 Å². The first kappa shape index (κ1) is 14.0. The fourth-order valence-corrected chi connectivity index (χ4v) is 3.53. The Balaban J connectivity index is 1.96. The molecule has 2 aliphatic rings. The average Bonchev–Trinajstić information content (AvgIpc) is 2.72. The predicted molar refractivity (Wildman–Crippen MR) is 75.0 cm³/mol. The molecule has 0 aromatic heterocycles. The van der Waals surface area contributed by atoms with E-state index in [4.69, 9.17) is 4.74 Å². The first-order valence-electron chi connectivity index (χ1n) is 7.04. The van der Waals surface area contributed by atoms with Crippen LogP contribution in [0.2, 0.25) is 0 Å². The molecule has 1 heterocycles. The van der Waals surface area contributed by atoms with Crippen LogP contribution in [-0.2, 0) is 14.3 Å². The highest BCUT2D eigenvalue weighted by atomic mass is 19.1. The van der Waals surface area contributed by atoms with E-state index in [0.717, 1.165) is 0 Å². The number of anilines is 1. The topological polar surface area (TPSA) is 55.4 Å². The van der Waals surface area contributed by atoms with Crippen molar-refractivity contribution in [1.29, 1.82) is 0 Å². The van der Waals surface area contributed by atoms with Crippen molar-refractivity contribution in [3.63, 3.8) is 0 Å². The van der Waals surface area contributed by atoms with Crippen LogP contribution in [0.4, 0.5) is 10.1 Å². The summed E-state index contributed by atoms with van der Waals surface area (Å²) in [5, 5.41) is 2.57. The van der Waals surface area contributed by atoms with Gasteiger partial charge in [-0.2, -0.15) is 0 Å². The molecule has 1 saturated carbocycles. The standard InChI is InChI=1S/C16H18FNO3/c1-14(2)15(3)8-9-16(14,21-13(15)20)12(19)18-11-7-5-4-6-10(11)17/h4-7H,8-9H2,1-3H3,(H,18,19)/t15-,16+/m1/s1. The summed E-state index contributed by atoms with van der Waals surface area (Å²) in [4.78, 5) is 24.8. The molecule has 0 unspecified atom stereocenters. The molecule has 1 N–H and O–H groups in total. The molecular formula is C16H18FNO3. The Hall–Kier alpha value is -1.91. The summed E-state index contributed by atoms with van der Waals surface area (Å²) >= 11 is 0. The van der Waals surface area contributed by atoms with Gasteiger partial charge in [0.1, 0.15) is 5.82 Å². The Kier molecular flexibility index (Phi) is 2.71. The third-order valence-electron chi connectivity index (χ3n) is 5.57. The number of para-hydroxylation sites is 1. The Bertz CT molecular complexity index is 642. The number of hydrogen-bond acceptors (Lipinski definition) is 3. The van der Waals surface area contributed by atoms with Crippen LogP contribution >= 0.6 is 0 Å². The number of esters is 1. The van der Waals surface area contributed by atoms with Crippen LogP contribution in [0, 0.1) is 16.6 Å². The molecular weight excluding hydrogens is 273 g/mol. The first-order chi connectivity index (χ1) is 9.74. The van der Waals surface area contributed by atoms with Crippen LogP contribution in [0.1, 0.15) is 33.6 Å². The van der Waals surface area contributed by atoms with Gasteiger partial charge in [0.25, 0.3) is 5.91 Å². The third kappa shape index (κ3) is 1.54. The summed E-state index contributed by atoms with van der Waals surface area (Å²) in [5.74, 6) is -1.31. The van der Waals surface area contributed by atoms with Crippen LogP contribution in [0.3, 0.4) is 0 Å². The van der Waals surface area contributed by atoms with E-state index in [1.54, 1.807) is 12.1 Å². The van der Waals surface area contributed by atoms with Crippen LogP contribution in [0.25, 0.3) is 0 Å². The lowest BCUT2D eigenvalue weighted by atomic mass is 9.66. The van der Waals surface area contributed by atoms with Gasteiger partial charge < -0.3 is 10.1 Å². The van der Waals surface area contributed by atoms with E-state index in [1.165, 1.54) is 12.1 Å². The van der Waals surface area contributed by atoms with E-state index in [2.05, 4.69) is 5.32 Å². The van der Waals surface area contributed by atoms with Crippen molar-refractivity contribution in [3.8, 4) is 0 Å². The van der Waals surface area contributed by atoms with Crippen molar-refractivity contribution < 1.29 is 18.7 Å². The molecule has 1 amide bonds. The Labute approximate surface area is 122 Å². The molecule has 3 rings (SSSR count). The zero-order valence-electron chi connectivity index (χ0n) is 12.3. The molecule has 0 radical (unpaired) electrons. The van der Waals surface area contributed by atoms with Gasteiger partial charge in [-0.25, -0.2) is 4.39 Å². The Morgan fingerprint density at radius 2 is 1.90 bits per heavy atom. The lowest BCUT2D eigenvalue weighted by molar-refractivity contribution is -0.165. The summed E-state index contributed by atoms with van der Waals surface area (Å²) in [6.07, 6.45) is 1.06. The van der Waals surface area contributed by atoms with Gasteiger partial charge in [-0.15, -0.1) is 0 Å². The predicted octanol–water partition coefficient (Wildman–Crippen LogP) is 2.89. The van der Waals surface area contributed by atoms with E-state index in [0.29, 0.717) is 12.8 Å². The monoisotopic (exact) mass is 291 g/mol. The van der Waals surface area contributed by atoms with Gasteiger partial charge in [-0.05, 0) is 31.9 Å². The first-order valence-corrected chi connectivity index (χ1v) is 7.04. The number of rotatable bonds is 2. The second kappa shape index (κ2) is 4.06. The second-order valence-corrected chi connectivity index (χ2v) is 6.61. The number of ether oxygens (including phenoxy) is 1. The minimum absolute atomic E-state index is 0.101. The number of carbonyl (C=O) groups is 2. The van der Waals surface area contributed by atoms with Crippen LogP contribution in [0.15, 0.2) is 24.3 Å². The molecule has 2 fully saturated rings. The molecule has 0 spiro atoms. The van der Waals surface area contributed by atoms with Gasteiger partial charge >= 0.3 is 5.97 Å². The molecule has 21 heavy (non-hydrogen) atoms. The number of halogens is 1. The van der Waals surface area contributed by atoms with Crippen LogP contribution in [-0.4, -0.2) is 17.5 Å². The molecule has 112 valence electrons. The number of carbonyl (C=O) groups excluding carboxylic acids is 2. The smallest absolute Gasteiger partial charge is 0.313 e. The quantitative estimate of drug-likeness (QED) is 0.852. The minimum atomic E-state index is -1.22. The van der Waals surface area contributed by atoms with E-state index >= 15 is 0 Å². The number of benzene rings is 1. The largest absolute Gasteiger partial charge is 0.448 e. The minimum Gasteiger partial charge on any atom is -0.448 e. The summed E-state index contributed by atoms with van der Waals surface area (Å²) in [7, 11) is 0. The second-order valence-electron chi connectivity index (χ2n) is 6.61. The van der Waals surface area contributed by atoms with Crippen LogP contribution < -0.4 is 5.32 Å². The Morgan fingerprint density at radius 1 is 1.24 bits per heavy atom. The van der Waals surface area contributed by atoms with Crippen molar-refractivity contribution >= 4 is 17.6 Å². The molecule has 2 bridgehead atoms. The van der Waals surface area contributed by atoms with E-state index < -0.39 is 28.2 Å². The maximum atomic E-state index is 13.7. The zero-order valence-corrected chi connectivity index (χ0v) is 12.3. The van der Waals surface area contributed by atoms with E-state index in [-0.39, 0.29) is 11.7 Å². The molecule has 1 aromatic rings. The molecule has 4 nitrogen and oxygen atoms in total. The molecule has 1 saturated heterocycles. The highest BCUT2D eigenvalue weighted by Crippen LogP contribution is 2.65. The van der Waals surface area contributed by atoms with Crippen LogP contribution in [0.5, 0.6) is 0 Å². The number of nitrogens with one attached hydrogen (secondary N) is 1. The van der Waals surface area contributed by atoms with E-state index in [1.807, 2.05) is 20.8 Å². The zero-order chi connectivity index (χ0) is 15.5. The molecule has 1 aliphatic heterocycles. The lowest BCUT2D eigenvalue weighted by Crippen LogP contribution is -2.50. The summed E-state index contributed by atoms with van der Waals surface area (Å²) in [6, 6.07) is 5.95. The average molecular weight is 291 g/mol. The van der Waals surface area contributed by atoms with E-state index in [9.17, 15) is 14.0 Å². The fourth-order valence-electron chi connectivity index (χ4n) is 3.53. The third-order valence-corrected chi connectivity index (χ3v) is 5.57. The van der Waals surface area contributed by atoms with Crippen molar-refractivity contribution in [2.75, 3.05) is 5.32 Å². The fraction of sp³-hybridized carbons (Fsp3) is 0.500. The van der Waals surface area contributed by atoms with Crippen molar-refractivity contribution in [1.82, 2.24) is 0 Å². The molecule has 1 aromatic carbocycles. The van der Waals surface area contributed by atoms with Gasteiger partial charge in [0.15, 0.2) is 5.60 Å². The van der Waals surface area contributed by atoms with Crippen molar-refractivity contribution in [2.45, 2.75) is 39.2 Å². The highest BCUT2D eigenvalue weighted by molar-refractivity contribution is 6.03.